The second kappa shape index (κ2) is 9.71. The average molecular weight is 404 g/mol. The number of amides is 1. The van der Waals surface area contributed by atoms with Gasteiger partial charge in [0.25, 0.3) is 5.91 Å². The van der Waals surface area contributed by atoms with Gasteiger partial charge in [0.1, 0.15) is 0 Å². The van der Waals surface area contributed by atoms with Crippen LogP contribution in [0.1, 0.15) is 23.6 Å². The number of aliphatic hydroxyl groups is 1. The maximum atomic E-state index is 13.0. The van der Waals surface area contributed by atoms with Gasteiger partial charge in [0, 0.05) is 0 Å². The predicted octanol–water partition coefficient (Wildman–Crippen LogP) is 3.48. The number of methoxy groups -OCH3 is 1. The maximum absolute atomic E-state index is 13.0. The SMILES string of the molecule is CCOc1ccc(C=NNC(=O)C(O)(c2ccccc2)c2ccccc2)cc1OC. The van der Waals surface area contributed by atoms with Crippen LogP contribution in [0.5, 0.6) is 11.5 Å². The molecule has 0 saturated carbocycles. The molecule has 0 heterocycles. The van der Waals surface area contributed by atoms with Crippen LogP contribution in [-0.2, 0) is 10.4 Å². The van der Waals surface area contributed by atoms with E-state index in [4.69, 9.17) is 9.47 Å². The number of ether oxygens (including phenoxy) is 2. The lowest BCUT2D eigenvalue weighted by Crippen LogP contribution is -2.43. The quantitative estimate of drug-likeness (QED) is 0.445. The Morgan fingerprint density at radius 3 is 2.13 bits per heavy atom. The van der Waals surface area contributed by atoms with Crippen molar-refractivity contribution in [2.75, 3.05) is 13.7 Å². The summed E-state index contributed by atoms with van der Waals surface area (Å²) in [6.07, 6.45) is 1.48. The highest BCUT2D eigenvalue weighted by atomic mass is 16.5. The van der Waals surface area contributed by atoms with E-state index in [1.54, 1.807) is 73.8 Å². The van der Waals surface area contributed by atoms with Crippen LogP contribution in [0.3, 0.4) is 0 Å². The average Bonchev–Trinajstić information content (AvgIpc) is 2.80. The van der Waals surface area contributed by atoms with Crippen LogP contribution in [0.2, 0.25) is 0 Å². The first kappa shape index (κ1) is 21.1. The molecule has 3 aromatic carbocycles. The fraction of sp³-hybridized carbons (Fsp3) is 0.167. The van der Waals surface area contributed by atoms with Gasteiger partial charge in [-0.1, -0.05) is 60.7 Å². The number of hydrogen-bond acceptors (Lipinski definition) is 5. The number of hydrazone groups is 1. The van der Waals surface area contributed by atoms with E-state index < -0.39 is 11.5 Å². The summed E-state index contributed by atoms with van der Waals surface area (Å²) in [5, 5.41) is 15.4. The minimum absolute atomic E-state index is 0.451. The molecule has 0 radical (unpaired) electrons. The van der Waals surface area contributed by atoms with Crippen LogP contribution in [0, 0.1) is 0 Å². The molecule has 0 aliphatic heterocycles. The molecule has 0 atom stereocenters. The molecule has 2 N–H and O–H groups in total. The minimum Gasteiger partial charge on any atom is -0.493 e. The second-order valence-electron chi connectivity index (χ2n) is 6.48. The molecule has 6 nitrogen and oxygen atoms in total. The van der Waals surface area contributed by atoms with Gasteiger partial charge in [-0.15, -0.1) is 0 Å². The molecule has 6 heteroatoms. The van der Waals surface area contributed by atoms with Crippen LogP contribution < -0.4 is 14.9 Å². The van der Waals surface area contributed by atoms with Crippen LogP contribution >= 0.6 is 0 Å². The van der Waals surface area contributed by atoms with E-state index in [1.165, 1.54) is 6.21 Å². The van der Waals surface area contributed by atoms with E-state index in [0.29, 0.717) is 34.8 Å². The van der Waals surface area contributed by atoms with E-state index in [9.17, 15) is 9.90 Å². The van der Waals surface area contributed by atoms with Gasteiger partial charge in [-0.2, -0.15) is 5.10 Å². The molecule has 0 spiro atoms. The number of carbonyl (C=O) groups excluding carboxylic acids is 1. The fourth-order valence-electron chi connectivity index (χ4n) is 3.07. The maximum Gasteiger partial charge on any atom is 0.281 e. The summed E-state index contributed by atoms with van der Waals surface area (Å²) in [4.78, 5) is 13.0. The first-order chi connectivity index (χ1) is 14.6. The van der Waals surface area contributed by atoms with Gasteiger partial charge in [0.2, 0.25) is 0 Å². The summed E-state index contributed by atoms with van der Waals surface area (Å²) in [6.45, 7) is 2.42. The van der Waals surface area contributed by atoms with E-state index >= 15 is 0 Å². The van der Waals surface area contributed by atoms with Gasteiger partial charge < -0.3 is 14.6 Å². The third kappa shape index (κ3) is 4.50. The van der Waals surface area contributed by atoms with E-state index in [0.717, 1.165) is 0 Å². The predicted molar refractivity (Wildman–Crippen MR) is 116 cm³/mol. The van der Waals surface area contributed by atoms with Gasteiger partial charge in [-0.25, -0.2) is 5.43 Å². The number of carbonyl (C=O) groups is 1. The van der Waals surface area contributed by atoms with E-state index in [-0.39, 0.29) is 0 Å². The van der Waals surface area contributed by atoms with Crippen molar-refractivity contribution in [1.82, 2.24) is 5.43 Å². The summed E-state index contributed by atoms with van der Waals surface area (Å²) in [5.41, 5.74) is 2.18. The lowest BCUT2D eigenvalue weighted by Gasteiger charge is -2.27. The third-order valence-electron chi connectivity index (χ3n) is 4.58. The van der Waals surface area contributed by atoms with Gasteiger partial charge >= 0.3 is 0 Å². The number of nitrogens with one attached hydrogen (secondary N) is 1. The molecular weight excluding hydrogens is 380 g/mol. The van der Waals surface area contributed by atoms with Crippen molar-refractivity contribution < 1.29 is 19.4 Å². The molecule has 154 valence electrons. The van der Waals surface area contributed by atoms with Gasteiger partial charge in [0.05, 0.1) is 19.9 Å². The fourth-order valence-corrected chi connectivity index (χ4v) is 3.07. The first-order valence-electron chi connectivity index (χ1n) is 9.57. The van der Waals surface area contributed by atoms with Crippen molar-refractivity contribution in [3.63, 3.8) is 0 Å². The van der Waals surface area contributed by atoms with Crippen LogP contribution in [-0.4, -0.2) is 30.9 Å². The normalized spacial score (nSPS) is 11.3. The van der Waals surface area contributed by atoms with Gasteiger partial charge in [-0.3, -0.25) is 4.79 Å². The van der Waals surface area contributed by atoms with Crippen molar-refractivity contribution in [3.8, 4) is 11.5 Å². The van der Waals surface area contributed by atoms with E-state index in [2.05, 4.69) is 10.5 Å². The molecule has 0 aromatic heterocycles. The van der Waals surface area contributed by atoms with Gasteiger partial charge in [0.15, 0.2) is 17.1 Å². The standard InChI is InChI=1S/C24H24N2O4/c1-3-30-21-15-14-18(16-22(21)29-2)17-25-26-23(27)24(28,19-10-6-4-7-11-19)20-12-8-5-9-13-20/h4-17,28H,3H2,1-2H3,(H,26,27). The zero-order valence-corrected chi connectivity index (χ0v) is 16.9. The van der Waals surface area contributed by atoms with Crippen molar-refractivity contribution in [1.29, 1.82) is 0 Å². The molecule has 30 heavy (non-hydrogen) atoms. The molecule has 0 saturated heterocycles. The number of nitrogens with zero attached hydrogens (tertiary/aromatic N) is 1. The Bertz CT molecular complexity index is 965. The molecule has 0 aliphatic carbocycles. The second-order valence-corrected chi connectivity index (χ2v) is 6.48. The molecule has 0 aliphatic rings. The van der Waals surface area contributed by atoms with Crippen molar-refractivity contribution >= 4 is 12.1 Å². The summed E-state index contributed by atoms with van der Waals surface area (Å²) < 4.78 is 10.8. The minimum atomic E-state index is -1.88. The Labute approximate surface area is 175 Å². The molecule has 0 unspecified atom stereocenters. The van der Waals surface area contributed by atoms with Crippen LogP contribution in [0.15, 0.2) is 84.0 Å². The summed E-state index contributed by atoms with van der Waals surface area (Å²) >= 11 is 0. The van der Waals surface area contributed by atoms with Crippen molar-refractivity contribution in [2.45, 2.75) is 12.5 Å². The number of rotatable bonds is 8. The first-order valence-corrected chi connectivity index (χ1v) is 9.57. The smallest absolute Gasteiger partial charge is 0.281 e. The molecule has 0 bridgehead atoms. The highest BCUT2D eigenvalue weighted by Crippen LogP contribution is 2.30. The zero-order chi connectivity index (χ0) is 21.4. The summed E-state index contributed by atoms with van der Waals surface area (Å²) in [7, 11) is 1.56. The Hall–Kier alpha value is -3.64. The van der Waals surface area contributed by atoms with Crippen molar-refractivity contribution in [3.05, 3.63) is 95.6 Å². The third-order valence-corrected chi connectivity index (χ3v) is 4.58. The zero-order valence-electron chi connectivity index (χ0n) is 16.9. The van der Waals surface area contributed by atoms with Crippen LogP contribution in [0.25, 0.3) is 0 Å². The summed E-state index contributed by atoms with van der Waals surface area (Å²) in [5.74, 6) is 0.537. The highest BCUT2D eigenvalue weighted by Gasteiger charge is 2.39. The molecule has 3 aromatic rings. The largest absolute Gasteiger partial charge is 0.493 e. The summed E-state index contributed by atoms with van der Waals surface area (Å²) in [6, 6.07) is 22.9. The monoisotopic (exact) mass is 404 g/mol. The molecule has 3 rings (SSSR count). The molecule has 1 amide bonds. The highest BCUT2D eigenvalue weighted by molar-refractivity contribution is 5.91. The number of hydrogen-bond donors (Lipinski definition) is 2. The Kier molecular flexibility index (Phi) is 6.83. The lowest BCUT2D eigenvalue weighted by molar-refractivity contribution is -0.136. The Morgan fingerprint density at radius 1 is 1.00 bits per heavy atom. The lowest BCUT2D eigenvalue weighted by atomic mass is 9.85. The Balaban J connectivity index is 1.84. The molecular formula is C24H24N2O4. The van der Waals surface area contributed by atoms with Gasteiger partial charge in [-0.05, 0) is 41.8 Å². The number of benzene rings is 3. The topological polar surface area (TPSA) is 80.2 Å². The van der Waals surface area contributed by atoms with E-state index in [1.807, 2.05) is 19.1 Å². The van der Waals surface area contributed by atoms with Crippen LogP contribution in [0.4, 0.5) is 0 Å². The Morgan fingerprint density at radius 2 is 1.60 bits per heavy atom. The van der Waals surface area contributed by atoms with Crippen molar-refractivity contribution in [2.24, 2.45) is 5.10 Å². The molecule has 0 fully saturated rings.